The molecule has 2 aliphatic rings. The first-order valence-electron chi connectivity index (χ1n) is 6.05. The van der Waals surface area contributed by atoms with E-state index in [1.54, 1.807) is 4.90 Å². The SMILES string of the molecule is CC(C)(C)OC(=O)N1CC2CC2(/C(C#N)=C/O)C1. The maximum Gasteiger partial charge on any atom is 0.410 e. The van der Waals surface area contributed by atoms with Crippen molar-refractivity contribution in [3.63, 3.8) is 0 Å². The van der Waals surface area contributed by atoms with Gasteiger partial charge in [0.15, 0.2) is 0 Å². The highest BCUT2D eigenvalue weighted by molar-refractivity contribution is 5.69. The largest absolute Gasteiger partial charge is 0.515 e. The lowest BCUT2D eigenvalue weighted by atomic mass is 9.97. The molecular weight excluding hydrogens is 232 g/mol. The maximum atomic E-state index is 11.9. The van der Waals surface area contributed by atoms with Gasteiger partial charge in [0.25, 0.3) is 0 Å². The fourth-order valence-electron chi connectivity index (χ4n) is 2.63. The molecule has 1 saturated carbocycles. The number of aliphatic hydroxyl groups excluding tert-OH is 1. The average Bonchev–Trinajstić information content (AvgIpc) is 2.80. The average molecular weight is 250 g/mol. The number of nitriles is 1. The van der Waals surface area contributed by atoms with Gasteiger partial charge in [0.2, 0.25) is 0 Å². The van der Waals surface area contributed by atoms with E-state index < -0.39 is 5.60 Å². The minimum atomic E-state index is -0.512. The van der Waals surface area contributed by atoms with E-state index in [1.807, 2.05) is 26.8 Å². The van der Waals surface area contributed by atoms with Crippen LogP contribution in [0.2, 0.25) is 0 Å². The number of hydrogen-bond donors (Lipinski definition) is 1. The van der Waals surface area contributed by atoms with E-state index in [2.05, 4.69) is 0 Å². The van der Waals surface area contributed by atoms with E-state index in [4.69, 9.17) is 15.1 Å². The molecule has 0 aromatic heterocycles. The quantitative estimate of drug-likeness (QED) is 0.572. The summed E-state index contributed by atoms with van der Waals surface area (Å²) in [5.74, 6) is 0.281. The Morgan fingerprint density at radius 2 is 2.28 bits per heavy atom. The van der Waals surface area contributed by atoms with Crippen molar-refractivity contribution >= 4 is 6.09 Å². The summed E-state index contributed by atoms with van der Waals surface area (Å²) in [6.45, 7) is 6.55. The third kappa shape index (κ3) is 2.03. The molecule has 1 aliphatic carbocycles. The Hall–Kier alpha value is -1.70. The highest BCUT2D eigenvalue weighted by Gasteiger charge is 2.63. The molecule has 1 N–H and O–H groups in total. The van der Waals surface area contributed by atoms with Crippen LogP contribution in [0.4, 0.5) is 4.79 Å². The van der Waals surface area contributed by atoms with Crippen molar-refractivity contribution in [1.29, 1.82) is 5.26 Å². The first-order chi connectivity index (χ1) is 8.32. The molecule has 5 nitrogen and oxygen atoms in total. The second kappa shape index (κ2) is 3.91. The van der Waals surface area contributed by atoms with Gasteiger partial charge in [-0.3, -0.25) is 0 Å². The van der Waals surface area contributed by atoms with Gasteiger partial charge in [-0.25, -0.2) is 4.79 Å². The molecule has 2 unspecified atom stereocenters. The summed E-state index contributed by atoms with van der Waals surface area (Å²) in [7, 11) is 0. The minimum Gasteiger partial charge on any atom is -0.515 e. The van der Waals surface area contributed by atoms with E-state index in [0.29, 0.717) is 18.7 Å². The van der Waals surface area contributed by atoms with Crippen molar-refractivity contribution in [2.75, 3.05) is 13.1 Å². The molecule has 18 heavy (non-hydrogen) atoms. The van der Waals surface area contributed by atoms with Crippen LogP contribution in [0.1, 0.15) is 27.2 Å². The molecular formula is C13H18N2O3. The molecule has 1 saturated heterocycles. The number of piperidine rings is 1. The number of nitrogens with zero attached hydrogens (tertiary/aromatic N) is 2. The first-order valence-corrected chi connectivity index (χ1v) is 6.05. The van der Waals surface area contributed by atoms with Crippen LogP contribution in [0.3, 0.4) is 0 Å². The molecule has 2 rings (SSSR count). The van der Waals surface area contributed by atoms with Crippen LogP contribution in [0.25, 0.3) is 0 Å². The summed E-state index contributed by atoms with van der Waals surface area (Å²) in [6.07, 6.45) is 1.40. The van der Waals surface area contributed by atoms with E-state index in [-0.39, 0.29) is 17.4 Å². The maximum absolute atomic E-state index is 11.9. The van der Waals surface area contributed by atoms with Crippen LogP contribution in [0.15, 0.2) is 11.8 Å². The van der Waals surface area contributed by atoms with Crippen LogP contribution in [-0.2, 0) is 4.74 Å². The fraction of sp³-hybridized carbons (Fsp3) is 0.692. The number of aliphatic hydroxyl groups is 1. The monoisotopic (exact) mass is 250 g/mol. The van der Waals surface area contributed by atoms with Crippen molar-refractivity contribution in [3.05, 3.63) is 11.8 Å². The predicted molar refractivity (Wildman–Crippen MR) is 64.7 cm³/mol. The van der Waals surface area contributed by atoms with Crippen molar-refractivity contribution in [2.45, 2.75) is 32.8 Å². The second-order valence-corrected chi connectivity index (χ2v) is 6.07. The van der Waals surface area contributed by atoms with Gasteiger partial charge in [0, 0.05) is 18.5 Å². The number of rotatable bonds is 1. The van der Waals surface area contributed by atoms with Crippen molar-refractivity contribution in [3.8, 4) is 6.07 Å². The van der Waals surface area contributed by atoms with Gasteiger partial charge in [0.1, 0.15) is 5.60 Å². The van der Waals surface area contributed by atoms with Gasteiger partial charge < -0.3 is 14.7 Å². The summed E-state index contributed by atoms with van der Waals surface area (Å²) in [5, 5.41) is 18.0. The zero-order valence-electron chi connectivity index (χ0n) is 10.9. The summed E-state index contributed by atoms with van der Waals surface area (Å²) >= 11 is 0. The van der Waals surface area contributed by atoms with Crippen LogP contribution < -0.4 is 0 Å². The molecule has 2 atom stereocenters. The Bertz CT molecular complexity index is 444. The van der Waals surface area contributed by atoms with Gasteiger partial charge in [-0.2, -0.15) is 5.26 Å². The van der Waals surface area contributed by atoms with Crippen molar-refractivity contribution < 1.29 is 14.6 Å². The lowest BCUT2D eigenvalue weighted by Crippen LogP contribution is -2.37. The molecule has 0 spiro atoms. The topological polar surface area (TPSA) is 73.6 Å². The van der Waals surface area contributed by atoms with Gasteiger partial charge in [-0.05, 0) is 33.1 Å². The van der Waals surface area contributed by atoms with Gasteiger partial charge in [-0.1, -0.05) is 0 Å². The first kappa shape index (κ1) is 12.7. The molecule has 0 aromatic rings. The molecule has 0 radical (unpaired) electrons. The second-order valence-electron chi connectivity index (χ2n) is 6.07. The number of amides is 1. The third-order valence-electron chi connectivity index (χ3n) is 3.58. The van der Waals surface area contributed by atoms with E-state index >= 15 is 0 Å². The molecule has 1 amide bonds. The van der Waals surface area contributed by atoms with Crippen LogP contribution in [-0.4, -0.2) is 34.8 Å². The molecule has 0 aromatic carbocycles. The zero-order chi connectivity index (χ0) is 13.6. The Morgan fingerprint density at radius 1 is 1.61 bits per heavy atom. The summed E-state index contributed by atoms with van der Waals surface area (Å²) in [5.41, 5.74) is -0.457. The smallest absolute Gasteiger partial charge is 0.410 e. The van der Waals surface area contributed by atoms with Crippen LogP contribution in [0, 0.1) is 22.7 Å². The molecule has 1 heterocycles. The van der Waals surface area contributed by atoms with E-state index in [1.165, 1.54) is 0 Å². The Labute approximate surface area is 107 Å². The summed E-state index contributed by atoms with van der Waals surface area (Å²) in [6, 6.07) is 2.02. The number of carbonyl (C=O) groups excluding carboxylic acids is 1. The zero-order valence-corrected chi connectivity index (χ0v) is 10.9. The molecule has 1 aliphatic heterocycles. The Morgan fingerprint density at radius 3 is 2.78 bits per heavy atom. The standard InChI is InChI=1S/C13H18N2O3/c1-12(2,3)18-11(17)15-6-9-4-13(9,8-15)10(5-14)7-16/h7,9,16H,4,6,8H2,1-3H3/b10-7+. The normalized spacial score (nSPS) is 30.7. The summed E-state index contributed by atoms with van der Waals surface area (Å²) < 4.78 is 5.30. The fourth-order valence-corrected chi connectivity index (χ4v) is 2.63. The molecule has 98 valence electrons. The number of fused-ring (bicyclic) bond motifs is 1. The van der Waals surface area contributed by atoms with Crippen LogP contribution >= 0.6 is 0 Å². The Kier molecular flexibility index (Phi) is 2.77. The summed E-state index contributed by atoms with van der Waals surface area (Å²) in [4.78, 5) is 13.5. The van der Waals surface area contributed by atoms with E-state index in [0.717, 1.165) is 12.7 Å². The van der Waals surface area contributed by atoms with Gasteiger partial charge in [0.05, 0.1) is 17.9 Å². The van der Waals surface area contributed by atoms with Gasteiger partial charge in [-0.15, -0.1) is 0 Å². The number of ether oxygens (including phenoxy) is 1. The highest BCUT2D eigenvalue weighted by atomic mass is 16.6. The number of carbonyl (C=O) groups is 1. The van der Waals surface area contributed by atoms with Crippen molar-refractivity contribution in [1.82, 2.24) is 4.90 Å². The van der Waals surface area contributed by atoms with Crippen molar-refractivity contribution in [2.24, 2.45) is 11.3 Å². The molecule has 0 bridgehead atoms. The number of likely N-dealkylation sites (tertiary alicyclic amines) is 1. The Balaban J connectivity index is 2.03. The molecule has 5 heteroatoms. The lowest BCUT2D eigenvalue weighted by Gasteiger charge is -2.26. The van der Waals surface area contributed by atoms with Gasteiger partial charge >= 0.3 is 6.09 Å². The number of hydrogen-bond acceptors (Lipinski definition) is 4. The third-order valence-corrected chi connectivity index (χ3v) is 3.58. The van der Waals surface area contributed by atoms with E-state index in [9.17, 15) is 4.79 Å². The minimum absolute atomic E-state index is 0.281. The lowest BCUT2D eigenvalue weighted by molar-refractivity contribution is 0.0266. The highest BCUT2D eigenvalue weighted by Crippen LogP contribution is 2.62. The molecule has 2 fully saturated rings. The van der Waals surface area contributed by atoms with Crippen LogP contribution in [0.5, 0.6) is 0 Å². The predicted octanol–water partition coefficient (Wildman–Crippen LogP) is 2.21.